The number of carbonyl (C=O) groups excluding carboxylic acids is 1. The molecule has 0 atom stereocenters. The lowest BCUT2D eigenvalue weighted by Gasteiger charge is -2.09. The molecule has 0 aromatic heterocycles. The molecule has 0 heterocycles. The van der Waals surface area contributed by atoms with Crippen molar-refractivity contribution in [3.8, 4) is 11.5 Å². The molecule has 0 unspecified atom stereocenters. The zero-order valence-corrected chi connectivity index (χ0v) is 11.8. The van der Waals surface area contributed by atoms with Gasteiger partial charge in [0.1, 0.15) is 0 Å². The highest BCUT2D eigenvalue weighted by Gasteiger charge is 2.07. The Morgan fingerprint density at radius 3 is 2.71 bits per heavy atom. The fraction of sp³-hybridized carbons (Fsp3) is 0.188. The van der Waals surface area contributed by atoms with E-state index in [1.165, 1.54) is 13.2 Å². The average Bonchev–Trinajstić information content (AvgIpc) is 2.46. The number of aryl methyl sites for hydroxylation is 1. The van der Waals surface area contributed by atoms with E-state index in [9.17, 15) is 9.90 Å². The van der Waals surface area contributed by atoms with Gasteiger partial charge >= 0.3 is 0 Å². The van der Waals surface area contributed by atoms with Crippen LogP contribution in [0.1, 0.15) is 12.0 Å². The topological polar surface area (TPSA) is 84.6 Å². The SMILES string of the molecule is COc1ccc(NC(=O)CCc2ccccc2N)cc1O. The van der Waals surface area contributed by atoms with E-state index in [1.54, 1.807) is 12.1 Å². The van der Waals surface area contributed by atoms with Crippen molar-refractivity contribution in [1.82, 2.24) is 0 Å². The van der Waals surface area contributed by atoms with Crippen LogP contribution in [0.4, 0.5) is 11.4 Å². The Morgan fingerprint density at radius 2 is 2.05 bits per heavy atom. The summed E-state index contributed by atoms with van der Waals surface area (Å²) in [5.41, 5.74) is 8.00. The van der Waals surface area contributed by atoms with Crippen molar-refractivity contribution in [2.24, 2.45) is 0 Å². The lowest BCUT2D eigenvalue weighted by Crippen LogP contribution is -2.12. The van der Waals surface area contributed by atoms with E-state index in [0.29, 0.717) is 30.0 Å². The molecular formula is C16H18N2O3. The summed E-state index contributed by atoms with van der Waals surface area (Å²) in [6.45, 7) is 0. The van der Waals surface area contributed by atoms with Crippen molar-refractivity contribution in [3.05, 3.63) is 48.0 Å². The maximum absolute atomic E-state index is 11.9. The number of nitrogen functional groups attached to an aromatic ring is 1. The molecule has 0 aliphatic rings. The molecule has 2 aromatic rings. The molecule has 0 spiro atoms. The van der Waals surface area contributed by atoms with Gasteiger partial charge in [-0.05, 0) is 30.2 Å². The summed E-state index contributed by atoms with van der Waals surface area (Å²) >= 11 is 0. The number of methoxy groups -OCH3 is 1. The van der Waals surface area contributed by atoms with Gasteiger partial charge in [-0.2, -0.15) is 0 Å². The number of aromatic hydroxyl groups is 1. The second-order valence-electron chi connectivity index (χ2n) is 4.63. The molecule has 5 nitrogen and oxygen atoms in total. The van der Waals surface area contributed by atoms with Crippen LogP contribution in [0.2, 0.25) is 0 Å². The van der Waals surface area contributed by atoms with Crippen molar-refractivity contribution < 1.29 is 14.6 Å². The predicted octanol–water partition coefficient (Wildman–Crippen LogP) is 2.55. The lowest BCUT2D eigenvalue weighted by molar-refractivity contribution is -0.116. The molecule has 1 amide bonds. The van der Waals surface area contributed by atoms with Gasteiger partial charge in [0, 0.05) is 23.9 Å². The molecule has 0 saturated heterocycles. The Balaban J connectivity index is 1.93. The highest BCUT2D eigenvalue weighted by molar-refractivity contribution is 5.91. The monoisotopic (exact) mass is 286 g/mol. The Kier molecular flexibility index (Phi) is 4.66. The average molecular weight is 286 g/mol. The van der Waals surface area contributed by atoms with Crippen molar-refractivity contribution in [2.75, 3.05) is 18.2 Å². The molecule has 5 heteroatoms. The van der Waals surface area contributed by atoms with Gasteiger partial charge in [0.05, 0.1) is 7.11 Å². The van der Waals surface area contributed by atoms with E-state index >= 15 is 0 Å². The van der Waals surface area contributed by atoms with Gasteiger partial charge in [-0.3, -0.25) is 4.79 Å². The van der Waals surface area contributed by atoms with Gasteiger partial charge < -0.3 is 20.9 Å². The first-order valence-corrected chi connectivity index (χ1v) is 6.60. The number of carbonyl (C=O) groups is 1. The molecule has 21 heavy (non-hydrogen) atoms. The van der Waals surface area contributed by atoms with Crippen LogP contribution in [0.3, 0.4) is 0 Å². The summed E-state index contributed by atoms with van der Waals surface area (Å²) in [5.74, 6) is 0.218. The third-order valence-corrected chi connectivity index (χ3v) is 3.14. The quantitative estimate of drug-likeness (QED) is 0.737. The zero-order chi connectivity index (χ0) is 15.2. The standard InChI is InChI=1S/C16H18N2O3/c1-21-15-8-7-12(10-14(15)19)18-16(20)9-6-11-4-2-3-5-13(11)17/h2-5,7-8,10,19H,6,9,17H2,1H3,(H,18,20). The van der Waals surface area contributed by atoms with E-state index in [-0.39, 0.29) is 11.7 Å². The first kappa shape index (κ1) is 14.7. The zero-order valence-electron chi connectivity index (χ0n) is 11.8. The minimum absolute atomic E-state index is 0.0115. The Morgan fingerprint density at radius 1 is 1.29 bits per heavy atom. The highest BCUT2D eigenvalue weighted by Crippen LogP contribution is 2.28. The fourth-order valence-electron chi connectivity index (χ4n) is 2.00. The van der Waals surface area contributed by atoms with Crippen LogP contribution in [0.15, 0.2) is 42.5 Å². The van der Waals surface area contributed by atoms with Crippen LogP contribution in [-0.4, -0.2) is 18.1 Å². The summed E-state index contributed by atoms with van der Waals surface area (Å²) in [5, 5.41) is 12.4. The first-order valence-electron chi connectivity index (χ1n) is 6.60. The molecule has 0 radical (unpaired) electrons. The number of rotatable bonds is 5. The summed E-state index contributed by atoms with van der Waals surface area (Å²) in [6, 6.07) is 12.2. The van der Waals surface area contributed by atoms with Gasteiger partial charge in [0.25, 0.3) is 0 Å². The van der Waals surface area contributed by atoms with Crippen LogP contribution < -0.4 is 15.8 Å². The maximum atomic E-state index is 11.9. The first-order chi connectivity index (χ1) is 10.1. The smallest absolute Gasteiger partial charge is 0.224 e. The number of para-hydroxylation sites is 1. The van der Waals surface area contributed by atoms with Gasteiger partial charge in [-0.15, -0.1) is 0 Å². The minimum atomic E-state index is -0.136. The van der Waals surface area contributed by atoms with Gasteiger partial charge in [0.15, 0.2) is 11.5 Å². The summed E-state index contributed by atoms with van der Waals surface area (Å²) in [7, 11) is 1.47. The molecule has 2 rings (SSSR count). The van der Waals surface area contributed by atoms with E-state index in [1.807, 2.05) is 24.3 Å². The van der Waals surface area contributed by atoms with Crippen molar-refractivity contribution in [1.29, 1.82) is 0 Å². The number of nitrogens with one attached hydrogen (secondary N) is 1. The Hall–Kier alpha value is -2.69. The molecule has 0 aliphatic carbocycles. The van der Waals surface area contributed by atoms with Gasteiger partial charge in [-0.1, -0.05) is 18.2 Å². The largest absolute Gasteiger partial charge is 0.504 e. The summed E-state index contributed by atoms with van der Waals surface area (Å²) < 4.78 is 4.95. The van der Waals surface area contributed by atoms with E-state index in [4.69, 9.17) is 10.5 Å². The van der Waals surface area contributed by atoms with Gasteiger partial charge in [-0.25, -0.2) is 0 Å². The second kappa shape index (κ2) is 6.65. The molecule has 2 aromatic carbocycles. The van der Waals surface area contributed by atoms with E-state index < -0.39 is 0 Å². The Bertz CT molecular complexity index is 641. The van der Waals surface area contributed by atoms with Crippen LogP contribution >= 0.6 is 0 Å². The Labute approximate surface area is 123 Å². The summed E-state index contributed by atoms with van der Waals surface area (Å²) in [6.07, 6.45) is 0.891. The van der Waals surface area contributed by atoms with Gasteiger partial charge in [0.2, 0.25) is 5.91 Å². The molecular weight excluding hydrogens is 268 g/mol. The maximum Gasteiger partial charge on any atom is 0.224 e. The number of nitrogens with two attached hydrogens (primary N) is 1. The van der Waals surface area contributed by atoms with Crippen molar-refractivity contribution >= 4 is 17.3 Å². The molecule has 0 fully saturated rings. The van der Waals surface area contributed by atoms with Crippen molar-refractivity contribution in [3.63, 3.8) is 0 Å². The van der Waals surface area contributed by atoms with Crippen LogP contribution in [0.5, 0.6) is 11.5 Å². The number of phenolic OH excluding ortho intramolecular Hbond substituents is 1. The summed E-state index contributed by atoms with van der Waals surface area (Å²) in [4.78, 5) is 11.9. The number of hydrogen-bond donors (Lipinski definition) is 3. The van der Waals surface area contributed by atoms with E-state index in [0.717, 1.165) is 5.56 Å². The molecule has 110 valence electrons. The number of phenols is 1. The number of anilines is 2. The van der Waals surface area contributed by atoms with Crippen LogP contribution in [0, 0.1) is 0 Å². The van der Waals surface area contributed by atoms with Crippen LogP contribution in [-0.2, 0) is 11.2 Å². The fourth-order valence-corrected chi connectivity index (χ4v) is 2.00. The molecule has 0 saturated carbocycles. The predicted molar refractivity (Wildman–Crippen MR) is 82.5 cm³/mol. The lowest BCUT2D eigenvalue weighted by atomic mass is 10.1. The molecule has 0 aliphatic heterocycles. The van der Waals surface area contributed by atoms with Crippen LogP contribution in [0.25, 0.3) is 0 Å². The number of hydrogen-bond acceptors (Lipinski definition) is 4. The normalized spacial score (nSPS) is 10.1. The molecule has 0 bridgehead atoms. The number of amides is 1. The van der Waals surface area contributed by atoms with Crippen molar-refractivity contribution in [2.45, 2.75) is 12.8 Å². The van der Waals surface area contributed by atoms with E-state index in [2.05, 4.69) is 5.32 Å². The highest BCUT2D eigenvalue weighted by atomic mass is 16.5. The molecule has 4 N–H and O–H groups in total. The number of ether oxygens (including phenoxy) is 1. The second-order valence-corrected chi connectivity index (χ2v) is 4.63. The third-order valence-electron chi connectivity index (χ3n) is 3.14. The number of benzene rings is 2. The third kappa shape index (κ3) is 3.89. The minimum Gasteiger partial charge on any atom is -0.504 e.